The van der Waals surface area contributed by atoms with Crippen molar-refractivity contribution >= 4 is 17.6 Å². The molecule has 0 atom stereocenters. The molecule has 12 heavy (non-hydrogen) atoms. The van der Waals surface area contributed by atoms with Crippen LogP contribution >= 0.6 is 11.8 Å². The van der Waals surface area contributed by atoms with E-state index in [4.69, 9.17) is 16.9 Å². The van der Waals surface area contributed by atoms with E-state index < -0.39 is 0 Å². The predicted octanol–water partition coefficient (Wildman–Crippen LogP) is 1.32. The second kappa shape index (κ2) is 4.09. The lowest BCUT2D eigenvalue weighted by atomic mass is 10.1. The number of carbonyl (C=O) groups is 1. The third-order valence-corrected chi connectivity index (χ3v) is 1.55. The quantitative estimate of drug-likeness (QED) is 0.552. The van der Waals surface area contributed by atoms with Gasteiger partial charge in [0.15, 0.2) is 5.78 Å². The third kappa shape index (κ3) is 2.22. The number of hydrogen-bond acceptors (Lipinski definition) is 3. The van der Waals surface area contributed by atoms with Crippen molar-refractivity contribution < 1.29 is 9.90 Å². The van der Waals surface area contributed by atoms with Crippen molar-refractivity contribution in [3.05, 3.63) is 29.8 Å². The topological polar surface area (TPSA) is 49.3 Å². The average molecular weight is 186 g/mol. The molecule has 4 heteroatoms. The minimum atomic E-state index is -0.106. The van der Waals surface area contributed by atoms with Crippen LogP contribution < -0.4 is 4.84 Å². The van der Waals surface area contributed by atoms with Gasteiger partial charge in [0.05, 0.1) is 6.54 Å². The number of Topliss-reactive ketones (excluding diaryl/α,β-unsaturated/α-hetero) is 1. The monoisotopic (exact) mass is 185 g/mol. The Hall–Kier alpha value is -1.06. The van der Waals surface area contributed by atoms with E-state index in [9.17, 15) is 4.79 Å². The van der Waals surface area contributed by atoms with Crippen LogP contribution in [0.4, 0.5) is 0 Å². The molecule has 0 spiro atoms. The maximum absolute atomic E-state index is 11.1. The largest absolute Gasteiger partial charge is 0.508 e. The average Bonchev–Trinajstić information content (AvgIpc) is 2.06. The van der Waals surface area contributed by atoms with Gasteiger partial charge in [0.1, 0.15) is 5.75 Å². The molecule has 0 unspecified atom stereocenters. The molecule has 0 saturated heterocycles. The highest BCUT2D eigenvalue weighted by molar-refractivity contribution is 6.15. The van der Waals surface area contributed by atoms with Gasteiger partial charge in [-0.3, -0.25) is 4.79 Å². The molecule has 0 aromatic heterocycles. The molecule has 2 N–H and O–H groups in total. The second-order valence-electron chi connectivity index (χ2n) is 2.28. The van der Waals surface area contributed by atoms with Crippen LogP contribution in [0.3, 0.4) is 0 Å². The Kier molecular flexibility index (Phi) is 3.08. The van der Waals surface area contributed by atoms with E-state index in [0.29, 0.717) is 5.56 Å². The smallest absolute Gasteiger partial charge is 0.177 e. The van der Waals surface area contributed by atoms with Crippen molar-refractivity contribution in [2.75, 3.05) is 6.54 Å². The lowest BCUT2D eigenvalue weighted by Crippen LogP contribution is -2.14. The molecule has 1 aromatic rings. The van der Waals surface area contributed by atoms with E-state index in [-0.39, 0.29) is 18.1 Å². The number of rotatable bonds is 3. The molecule has 1 rings (SSSR count). The zero-order valence-corrected chi connectivity index (χ0v) is 7.01. The summed E-state index contributed by atoms with van der Waals surface area (Å²) in [5, 5.41) is 8.92. The van der Waals surface area contributed by atoms with Gasteiger partial charge in [-0.15, -0.1) is 0 Å². The van der Waals surface area contributed by atoms with Crippen LogP contribution in [0.1, 0.15) is 10.4 Å². The summed E-state index contributed by atoms with van der Waals surface area (Å²) >= 11 is 5.16. The zero-order chi connectivity index (χ0) is 8.97. The van der Waals surface area contributed by atoms with Crippen LogP contribution in [0.15, 0.2) is 24.3 Å². The van der Waals surface area contributed by atoms with Crippen LogP contribution in [0, 0.1) is 0 Å². The molecule has 0 radical (unpaired) electrons. The Morgan fingerprint density at radius 2 is 2.00 bits per heavy atom. The van der Waals surface area contributed by atoms with Gasteiger partial charge in [0.2, 0.25) is 0 Å². The fraction of sp³-hybridized carbons (Fsp3) is 0.125. The summed E-state index contributed by atoms with van der Waals surface area (Å²) in [4.78, 5) is 13.4. The van der Waals surface area contributed by atoms with Crippen molar-refractivity contribution in [2.45, 2.75) is 0 Å². The Morgan fingerprint density at radius 3 is 2.50 bits per heavy atom. The fourth-order valence-corrected chi connectivity index (χ4v) is 0.931. The number of nitrogens with one attached hydrogen (secondary N) is 1. The van der Waals surface area contributed by atoms with E-state index in [2.05, 4.69) is 4.84 Å². The number of aromatic hydroxyl groups is 1. The number of halogens is 1. The van der Waals surface area contributed by atoms with Gasteiger partial charge in [-0.2, -0.15) is 0 Å². The minimum absolute atomic E-state index is 0.0896. The highest BCUT2D eigenvalue weighted by atomic mass is 35.5. The van der Waals surface area contributed by atoms with Crippen LogP contribution in [-0.2, 0) is 0 Å². The van der Waals surface area contributed by atoms with E-state index in [1.54, 1.807) is 12.1 Å². The highest BCUT2D eigenvalue weighted by Crippen LogP contribution is 2.09. The molecule has 0 aliphatic rings. The number of phenols is 1. The van der Waals surface area contributed by atoms with Gasteiger partial charge in [-0.05, 0) is 36.0 Å². The van der Waals surface area contributed by atoms with Crippen molar-refractivity contribution in [1.82, 2.24) is 4.84 Å². The molecular formula is C8H8ClNO2. The van der Waals surface area contributed by atoms with Gasteiger partial charge in [-0.1, -0.05) is 0 Å². The lowest BCUT2D eigenvalue weighted by Gasteiger charge is -1.98. The standard InChI is InChI=1S/C8H8ClNO2/c9-10-5-8(12)6-1-3-7(11)4-2-6/h1-4,10-11H,5H2. The number of benzene rings is 1. The Morgan fingerprint density at radius 1 is 1.42 bits per heavy atom. The van der Waals surface area contributed by atoms with Crippen LogP contribution in [0.2, 0.25) is 0 Å². The maximum Gasteiger partial charge on any atom is 0.177 e. The van der Waals surface area contributed by atoms with E-state index in [0.717, 1.165) is 0 Å². The van der Waals surface area contributed by atoms with E-state index >= 15 is 0 Å². The van der Waals surface area contributed by atoms with Crippen molar-refractivity contribution in [2.24, 2.45) is 0 Å². The molecule has 0 saturated carbocycles. The number of phenolic OH excluding ortho intramolecular Hbond substituents is 1. The Balaban J connectivity index is 2.75. The first-order chi connectivity index (χ1) is 5.74. The molecule has 0 heterocycles. The minimum Gasteiger partial charge on any atom is -0.508 e. The molecule has 0 bridgehead atoms. The summed E-state index contributed by atoms with van der Waals surface area (Å²) in [7, 11) is 0. The van der Waals surface area contributed by atoms with Gasteiger partial charge in [-0.25, -0.2) is 4.84 Å². The third-order valence-electron chi connectivity index (χ3n) is 1.42. The molecular weight excluding hydrogens is 178 g/mol. The van der Waals surface area contributed by atoms with Crippen molar-refractivity contribution in [1.29, 1.82) is 0 Å². The fourth-order valence-electron chi connectivity index (χ4n) is 0.810. The SMILES string of the molecule is O=C(CNCl)c1ccc(O)cc1. The van der Waals surface area contributed by atoms with E-state index in [1.165, 1.54) is 12.1 Å². The molecule has 0 amide bonds. The van der Waals surface area contributed by atoms with Crippen LogP contribution in [0.25, 0.3) is 0 Å². The number of carbonyl (C=O) groups excluding carboxylic acids is 1. The van der Waals surface area contributed by atoms with Gasteiger partial charge in [0, 0.05) is 5.56 Å². The van der Waals surface area contributed by atoms with Gasteiger partial charge >= 0.3 is 0 Å². The van der Waals surface area contributed by atoms with Crippen molar-refractivity contribution in [3.63, 3.8) is 0 Å². The normalized spacial score (nSPS) is 9.75. The predicted molar refractivity (Wildman–Crippen MR) is 46.3 cm³/mol. The first kappa shape index (κ1) is 9.03. The summed E-state index contributed by atoms with van der Waals surface area (Å²) in [5.41, 5.74) is 0.529. The summed E-state index contributed by atoms with van der Waals surface area (Å²) in [6.45, 7) is 0.0896. The van der Waals surface area contributed by atoms with Crippen LogP contribution in [0.5, 0.6) is 5.75 Å². The number of ketones is 1. The van der Waals surface area contributed by atoms with Crippen molar-refractivity contribution in [3.8, 4) is 5.75 Å². The maximum atomic E-state index is 11.1. The lowest BCUT2D eigenvalue weighted by molar-refractivity contribution is 0.0997. The summed E-state index contributed by atoms with van der Waals surface area (Å²) < 4.78 is 0. The molecule has 0 fully saturated rings. The summed E-state index contributed by atoms with van der Waals surface area (Å²) in [6, 6.07) is 6.01. The Bertz CT molecular complexity index is 271. The highest BCUT2D eigenvalue weighted by Gasteiger charge is 2.03. The molecule has 0 aliphatic carbocycles. The zero-order valence-electron chi connectivity index (χ0n) is 6.25. The van der Waals surface area contributed by atoms with E-state index in [1.807, 2.05) is 0 Å². The molecule has 1 aromatic carbocycles. The summed E-state index contributed by atoms with van der Waals surface area (Å²) in [6.07, 6.45) is 0. The number of hydrogen-bond donors (Lipinski definition) is 2. The molecule has 0 aliphatic heterocycles. The van der Waals surface area contributed by atoms with Gasteiger partial charge < -0.3 is 5.11 Å². The first-order valence-electron chi connectivity index (χ1n) is 3.40. The van der Waals surface area contributed by atoms with Gasteiger partial charge in [0.25, 0.3) is 0 Å². The first-order valence-corrected chi connectivity index (χ1v) is 3.77. The van der Waals surface area contributed by atoms with Crippen LogP contribution in [-0.4, -0.2) is 17.4 Å². The molecule has 3 nitrogen and oxygen atoms in total. The second-order valence-corrected chi connectivity index (χ2v) is 2.55. The Labute approximate surface area is 75.1 Å². The summed E-state index contributed by atoms with van der Waals surface area (Å²) in [5.74, 6) is 0.0374. The molecule has 64 valence electrons.